The molecule has 2 aliphatic rings. The van der Waals surface area contributed by atoms with E-state index in [2.05, 4.69) is 31.7 Å². The van der Waals surface area contributed by atoms with Gasteiger partial charge in [-0.15, -0.1) is 0 Å². The lowest BCUT2D eigenvalue weighted by Gasteiger charge is -2.33. The molecule has 2 aliphatic heterocycles. The van der Waals surface area contributed by atoms with Gasteiger partial charge < -0.3 is 20.3 Å². The fraction of sp³-hybridized carbons (Fsp3) is 0.308. The Morgan fingerprint density at radius 3 is 2.57 bits per heavy atom. The van der Waals surface area contributed by atoms with Crippen molar-refractivity contribution in [2.24, 2.45) is 0 Å². The molecule has 1 aromatic carbocycles. The number of hydrogen-bond donors (Lipinski definition) is 2. The molecule has 2 atom stereocenters. The molecule has 2 fully saturated rings. The van der Waals surface area contributed by atoms with Crippen molar-refractivity contribution < 1.29 is 9.53 Å². The summed E-state index contributed by atoms with van der Waals surface area (Å²) in [5.41, 5.74) is 2.75. The number of nitrogens with one attached hydrogen (secondary N) is 2. The average Bonchev–Trinajstić information content (AvgIpc) is 3.49. The van der Waals surface area contributed by atoms with Gasteiger partial charge in [-0.05, 0) is 49.2 Å². The van der Waals surface area contributed by atoms with Crippen molar-refractivity contribution in [3.05, 3.63) is 55.0 Å². The van der Waals surface area contributed by atoms with Gasteiger partial charge in [-0.3, -0.25) is 4.98 Å². The van der Waals surface area contributed by atoms with Gasteiger partial charge in [0.15, 0.2) is 11.5 Å². The second-order valence-electron chi connectivity index (χ2n) is 9.14. The summed E-state index contributed by atoms with van der Waals surface area (Å²) in [6.45, 7) is 2.01. The van der Waals surface area contributed by atoms with Crippen molar-refractivity contribution in [3.8, 4) is 17.5 Å². The molecule has 3 aromatic heterocycles. The molecule has 5 heterocycles. The number of anilines is 3. The third-order valence-corrected chi connectivity index (χ3v) is 6.57. The number of carbonyl (C=O) groups excluding carboxylic acids is 1. The Morgan fingerprint density at radius 2 is 1.84 bits per heavy atom. The van der Waals surface area contributed by atoms with Crippen LogP contribution in [0.3, 0.4) is 0 Å². The number of nitrogens with zero attached hydrogens (tertiary/aromatic N) is 7. The molecule has 2 saturated heterocycles. The lowest BCUT2D eigenvalue weighted by molar-refractivity contribution is 0.0303. The summed E-state index contributed by atoms with van der Waals surface area (Å²) in [6.07, 6.45) is 7.90. The Hall–Kier alpha value is -4.56. The van der Waals surface area contributed by atoms with E-state index in [1.807, 2.05) is 24.3 Å². The minimum Gasteiger partial charge on any atom is -0.371 e. The molecule has 186 valence electrons. The maximum atomic E-state index is 12.3. The Bertz CT molecular complexity index is 1450. The van der Waals surface area contributed by atoms with Crippen LogP contribution < -0.4 is 15.5 Å². The minimum absolute atomic E-state index is 0.212. The number of pyridine rings is 1. The van der Waals surface area contributed by atoms with E-state index in [1.165, 1.54) is 0 Å². The second kappa shape index (κ2) is 9.83. The summed E-state index contributed by atoms with van der Waals surface area (Å²) >= 11 is 0. The van der Waals surface area contributed by atoms with Gasteiger partial charge in [-0.25, -0.2) is 19.4 Å². The van der Waals surface area contributed by atoms with Crippen molar-refractivity contribution in [2.45, 2.75) is 38.0 Å². The predicted molar refractivity (Wildman–Crippen MR) is 138 cm³/mol. The first-order chi connectivity index (χ1) is 18.2. The SMILES string of the molecule is N#CCCn1ncc2c(N3CC4CCC(C3)O4)nc(-c3ccc(NC(=O)Nc4cccnc4)cc3)nc21. The molecule has 0 saturated carbocycles. The lowest BCUT2D eigenvalue weighted by Crippen LogP contribution is -2.43. The molecule has 37 heavy (non-hydrogen) atoms. The number of urea groups is 1. The Morgan fingerprint density at radius 1 is 1.05 bits per heavy atom. The molecule has 6 rings (SSSR count). The normalized spacial score (nSPS) is 18.5. The maximum Gasteiger partial charge on any atom is 0.323 e. The third-order valence-electron chi connectivity index (χ3n) is 6.57. The van der Waals surface area contributed by atoms with Crippen LogP contribution in [0.15, 0.2) is 55.0 Å². The van der Waals surface area contributed by atoms with Crippen LogP contribution in [0.25, 0.3) is 22.4 Å². The summed E-state index contributed by atoms with van der Waals surface area (Å²) in [5.74, 6) is 1.40. The zero-order chi connectivity index (χ0) is 25.2. The molecule has 2 unspecified atom stereocenters. The topological polar surface area (TPSA) is 134 Å². The first-order valence-electron chi connectivity index (χ1n) is 12.3. The highest BCUT2D eigenvalue weighted by molar-refractivity contribution is 5.99. The van der Waals surface area contributed by atoms with Gasteiger partial charge in [0.25, 0.3) is 0 Å². The zero-order valence-corrected chi connectivity index (χ0v) is 20.0. The maximum absolute atomic E-state index is 12.3. The Labute approximate surface area is 213 Å². The van der Waals surface area contributed by atoms with Crippen LogP contribution in [0.4, 0.5) is 22.0 Å². The van der Waals surface area contributed by atoms with Crippen molar-refractivity contribution in [2.75, 3.05) is 28.6 Å². The van der Waals surface area contributed by atoms with Crippen LogP contribution >= 0.6 is 0 Å². The van der Waals surface area contributed by atoms with Crippen LogP contribution in [0.2, 0.25) is 0 Å². The fourth-order valence-electron chi connectivity index (χ4n) is 4.85. The summed E-state index contributed by atoms with van der Waals surface area (Å²) in [6, 6.07) is 12.7. The number of ether oxygens (including phenoxy) is 1. The lowest BCUT2D eigenvalue weighted by atomic mass is 10.2. The van der Waals surface area contributed by atoms with E-state index in [9.17, 15) is 4.79 Å². The van der Waals surface area contributed by atoms with Gasteiger partial charge in [0.05, 0.1) is 54.7 Å². The van der Waals surface area contributed by atoms with E-state index >= 15 is 0 Å². The van der Waals surface area contributed by atoms with Gasteiger partial charge in [0.2, 0.25) is 0 Å². The van der Waals surface area contributed by atoms with Crippen molar-refractivity contribution in [3.63, 3.8) is 0 Å². The van der Waals surface area contributed by atoms with Gasteiger partial charge in [0.1, 0.15) is 5.82 Å². The van der Waals surface area contributed by atoms with E-state index in [0.717, 1.165) is 42.7 Å². The number of hydrogen-bond acceptors (Lipinski definition) is 8. The van der Waals surface area contributed by atoms with E-state index in [-0.39, 0.29) is 18.2 Å². The van der Waals surface area contributed by atoms with Gasteiger partial charge in [-0.2, -0.15) is 10.4 Å². The van der Waals surface area contributed by atoms with Gasteiger partial charge in [-0.1, -0.05) is 0 Å². The molecule has 4 aromatic rings. The molecule has 2 bridgehead atoms. The quantitative estimate of drug-likeness (QED) is 0.412. The van der Waals surface area contributed by atoms with E-state index in [0.29, 0.717) is 35.8 Å². The molecular formula is C26H25N9O2. The highest BCUT2D eigenvalue weighted by Crippen LogP contribution is 2.33. The van der Waals surface area contributed by atoms with E-state index in [4.69, 9.17) is 20.0 Å². The molecule has 11 nitrogen and oxygen atoms in total. The number of amides is 2. The number of carbonyl (C=O) groups is 1. The van der Waals surface area contributed by atoms with Crippen molar-refractivity contribution in [1.82, 2.24) is 24.7 Å². The number of fused-ring (bicyclic) bond motifs is 3. The van der Waals surface area contributed by atoms with Gasteiger partial charge >= 0.3 is 6.03 Å². The molecule has 0 spiro atoms. The second-order valence-corrected chi connectivity index (χ2v) is 9.14. The summed E-state index contributed by atoms with van der Waals surface area (Å²) in [4.78, 5) is 28.4. The monoisotopic (exact) mass is 495 g/mol. The standard InChI is InChI=1S/C26H25N9O2/c27-10-2-12-35-25-22(14-29-35)24(34-15-20-8-9-21(16-34)37-20)32-23(33-25)17-4-6-18(7-5-17)30-26(36)31-19-3-1-11-28-13-19/h1,3-7,11,13-14,20-21H,2,8-9,12,15-16H2,(H2,30,31,36). The first kappa shape index (κ1) is 22.9. The van der Waals surface area contributed by atoms with Crippen LogP contribution in [-0.4, -0.2) is 56.1 Å². The minimum atomic E-state index is -0.357. The molecule has 2 N–H and O–H groups in total. The number of benzene rings is 1. The smallest absolute Gasteiger partial charge is 0.323 e. The van der Waals surface area contributed by atoms with Crippen LogP contribution in [0.5, 0.6) is 0 Å². The zero-order valence-electron chi connectivity index (χ0n) is 20.0. The van der Waals surface area contributed by atoms with Gasteiger partial charge in [0, 0.05) is 30.5 Å². The summed E-state index contributed by atoms with van der Waals surface area (Å²) in [7, 11) is 0. The van der Waals surface area contributed by atoms with Crippen LogP contribution in [0.1, 0.15) is 19.3 Å². The number of rotatable bonds is 6. The third kappa shape index (κ3) is 4.79. The molecule has 11 heteroatoms. The van der Waals surface area contributed by atoms with Crippen LogP contribution in [-0.2, 0) is 11.3 Å². The Balaban J connectivity index is 1.29. The molecule has 0 aliphatic carbocycles. The average molecular weight is 496 g/mol. The van der Waals surface area contributed by atoms with Crippen molar-refractivity contribution in [1.29, 1.82) is 5.26 Å². The first-order valence-corrected chi connectivity index (χ1v) is 12.3. The largest absolute Gasteiger partial charge is 0.371 e. The highest BCUT2D eigenvalue weighted by atomic mass is 16.5. The number of aromatic nitrogens is 5. The predicted octanol–water partition coefficient (Wildman–Crippen LogP) is 3.81. The van der Waals surface area contributed by atoms with Crippen molar-refractivity contribution >= 4 is 34.3 Å². The molecule has 2 amide bonds. The molecular weight excluding hydrogens is 470 g/mol. The fourth-order valence-corrected chi connectivity index (χ4v) is 4.85. The number of nitriles is 1. The molecule has 0 radical (unpaired) electrons. The highest BCUT2D eigenvalue weighted by Gasteiger charge is 2.35. The number of morpholine rings is 1. The number of aryl methyl sites for hydroxylation is 1. The van der Waals surface area contributed by atoms with E-state index < -0.39 is 0 Å². The van der Waals surface area contributed by atoms with Crippen LogP contribution in [0, 0.1) is 11.3 Å². The Kier molecular flexibility index (Phi) is 6.08. The van der Waals surface area contributed by atoms with E-state index in [1.54, 1.807) is 35.4 Å². The summed E-state index contributed by atoms with van der Waals surface area (Å²) in [5, 5.41) is 20.0. The summed E-state index contributed by atoms with van der Waals surface area (Å²) < 4.78 is 7.80.